The van der Waals surface area contributed by atoms with E-state index in [-0.39, 0.29) is 11.7 Å². The minimum absolute atomic E-state index is 0.109. The Balaban J connectivity index is 1.82. The van der Waals surface area contributed by atoms with Gasteiger partial charge in [-0.25, -0.2) is 0 Å². The summed E-state index contributed by atoms with van der Waals surface area (Å²) in [5.41, 5.74) is 1.86. The smallest absolute Gasteiger partial charge is 0.171 e. The summed E-state index contributed by atoms with van der Waals surface area (Å²) in [4.78, 5) is 15.5. The van der Waals surface area contributed by atoms with Crippen LogP contribution in [0.25, 0.3) is 0 Å². The van der Waals surface area contributed by atoms with Crippen LogP contribution in [0.15, 0.2) is 54.6 Å². The molecule has 0 spiro atoms. The van der Waals surface area contributed by atoms with Crippen LogP contribution in [0.3, 0.4) is 0 Å². The van der Waals surface area contributed by atoms with Gasteiger partial charge in [0.2, 0.25) is 0 Å². The van der Waals surface area contributed by atoms with Crippen LogP contribution in [-0.2, 0) is 0 Å². The van der Waals surface area contributed by atoms with Crippen LogP contribution >= 0.6 is 0 Å². The van der Waals surface area contributed by atoms with Crippen molar-refractivity contribution in [2.75, 3.05) is 26.2 Å². The van der Waals surface area contributed by atoms with Gasteiger partial charge in [-0.05, 0) is 62.7 Å². The third kappa shape index (κ3) is 4.04. The predicted octanol–water partition coefficient (Wildman–Crippen LogP) is 4.15. The molecule has 1 heterocycles. The van der Waals surface area contributed by atoms with Gasteiger partial charge in [-0.15, -0.1) is 0 Å². The second-order valence-electron chi connectivity index (χ2n) is 6.29. The zero-order chi connectivity index (χ0) is 16.8. The molecule has 0 aromatic heterocycles. The van der Waals surface area contributed by atoms with E-state index >= 15 is 0 Å². The minimum atomic E-state index is -0.109. The van der Waals surface area contributed by atoms with Gasteiger partial charge >= 0.3 is 0 Å². The second-order valence-corrected chi connectivity index (χ2v) is 6.29. The normalized spacial score (nSPS) is 16.0. The zero-order valence-electron chi connectivity index (χ0n) is 14.3. The summed E-state index contributed by atoms with van der Waals surface area (Å²) in [6.07, 6.45) is 2.47. The Hall–Kier alpha value is -2.13. The lowest BCUT2D eigenvalue weighted by atomic mass is 9.90. The standard InChI is InChI=1S/C21H25NO2/c1-2-24-19-12-10-18(11-13-19)21(23)20(16-22-14-6-7-15-22)17-8-4-3-5-9-17/h3-5,8-13,20H,2,6-7,14-16H2,1H3/t20-/m0/s1. The van der Waals surface area contributed by atoms with Gasteiger partial charge < -0.3 is 9.64 Å². The molecule has 126 valence electrons. The number of likely N-dealkylation sites (tertiary alicyclic amines) is 1. The Morgan fingerprint density at radius 3 is 2.33 bits per heavy atom. The molecule has 0 amide bonds. The number of hydrogen-bond acceptors (Lipinski definition) is 3. The van der Waals surface area contributed by atoms with Gasteiger partial charge in [0, 0.05) is 12.1 Å². The van der Waals surface area contributed by atoms with Crippen molar-refractivity contribution >= 4 is 5.78 Å². The van der Waals surface area contributed by atoms with Gasteiger partial charge in [-0.2, -0.15) is 0 Å². The molecule has 2 aromatic rings. The summed E-state index contributed by atoms with van der Waals surface area (Å²) in [6.45, 7) is 5.59. The molecule has 2 aromatic carbocycles. The van der Waals surface area contributed by atoms with Gasteiger partial charge in [0.1, 0.15) is 5.75 Å². The molecule has 3 rings (SSSR count). The molecule has 0 N–H and O–H groups in total. The van der Waals surface area contributed by atoms with Gasteiger partial charge in [0.25, 0.3) is 0 Å². The summed E-state index contributed by atoms with van der Waals surface area (Å²) in [6, 6.07) is 17.7. The van der Waals surface area contributed by atoms with Crippen molar-refractivity contribution in [2.24, 2.45) is 0 Å². The summed E-state index contributed by atoms with van der Waals surface area (Å²) >= 11 is 0. The molecule has 0 bridgehead atoms. The van der Waals surface area contributed by atoms with Gasteiger partial charge in [0.05, 0.1) is 12.5 Å². The van der Waals surface area contributed by atoms with Crippen molar-refractivity contribution in [1.82, 2.24) is 4.90 Å². The lowest BCUT2D eigenvalue weighted by Crippen LogP contribution is -2.30. The maximum Gasteiger partial charge on any atom is 0.171 e. The van der Waals surface area contributed by atoms with Crippen LogP contribution in [0.1, 0.15) is 41.6 Å². The number of nitrogens with zero attached hydrogens (tertiary/aromatic N) is 1. The first kappa shape index (κ1) is 16.7. The summed E-state index contributed by atoms with van der Waals surface area (Å²) < 4.78 is 5.47. The number of Topliss-reactive ketones (excluding diaryl/α,β-unsaturated/α-hetero) is 1. The summed E-state index contributed by atoms with van der Waals surface area (Å²) in [5, 5.41) is 0. The molecule has 1 fully saturated rings. The Bertz CT molecular complexity index is 645. The van der Waals surface area contributed by atoms with Crippen LogP contribution in [0, 0.1) is 0 Å². The van der Waals surface area contributed by atoms with Crippen LogP contribution in [-0.4, -0.2) is 36.9 Å². The average molecular weight is 323 g/mol. The quantitative estimate of drug-likeness (QED) is 0.717. The molecule has 0 unspecified atom stereocenters. The van der Waals surface area contributed by atoms with E-state index in [9.17, 15) is 4.79 Å². The number of benzene rings is 2. The van der Waals surface area contributed by atoms with Gasteiger partial charge in [-0.1, -0.05) is 30.3 Å². The van der Waals surface area contributed by atoms with Crippen molar-refractivity contribution in [1.29, 1.82) is 0 Å². The first-order chi connectivity index (χ1) is 11.8. The van der Waals surface area contributed by atoms with Crippen molar-refractivity contribution in [3.8, 4) is 5.75 Å². The lowest BCUT2D eigenvalue weighted by Gasteiger charge is -2.23. The Morgan fingerprint density at radius 2 is 1.71 bits per heavy atom. The number of ketones is 1. The molecular formula is C21H25NO2. The van der Waals surface area contributed by atoms with Crippen molar-refractivity contribution < 1.29 is 9.53 Å². The second kappa shape index (κ2) is 8.11. The molecule has 1 aliphatic heterocycles. The molecule has 3 nitrogen and oxygen atoms in total. The number of hydrogen-bond donors (Lipinski definition) is 0. The molecule has 0 aliphatic carbocycles. The first-order valence-corrected chi connectivity index (χ1v) is 8.82. The largest absolute Gasteiger partial charge is 0.494 e. The Kier molecular flexibility index (Phi) is 5.65. The van der Waals surface area contributed by atoms with Crippen LogP contribution < -0.4 is 4.74 Å². The maximum atomic E-state index is 13.1. The molecule has 0 radical (unpaired) electrons. The van der Waals surface area contributed by atoms with E-state index in [1.54, 1.807) is 0 Å². The van der Waals surface area contributed by atoms with E-state index in [2.05, 4.69) is 17.0 Å². The van der Waals surface area contributed by atoms with Crippen molar-refractivity contribution in [3.63, 3.8) is 0 Å². The third-order valence-corrected chi connectivity index (χ3v) is 4.61. The fourth-order valence-corrected chi connectivity index (χ4v) is 3.33. The zero-order valence-corrected chi connectivity index (χ0v) is 14.3. The molecular weight excluding hydrogens is 298 g/mol. The number of ether oxygens (including phenoxy) is 1. The van der Waals surface area contributed by atoms with Gasteiger partial charge in [0.15, 0.2) is 5.78 Å². The highest BCUT2D eigenvalue weighted by molar-refractivity contribution is 6.01. The van der Waals surface area contributed by atoms with E-state index in [4.69, 9.17) is 4.74 Å². The predicted molar refractivity (Wildman–Crippen MR) is 96.8 cm³/mol. The number of carbonyl (C=O) groups excluding carboxylic acids is 1. The van der Waals surface area contributed by atoms with Crippen molar-refractivity contribution in [3.05, 3.63) is 65.7 Å². The molecule has 3 heteroatoms. The first-order valence-electron chi connectivity index (χ1n) is 8.82. The fraction of sp³-hybridized carbons (Fsp3) is 0.381. The van der Waals surface area contributed by atoms with Crippen LogP contribution in [0.4, 0.5) is 0 Å². The Morgan fingerprint density at radius 1 is 1.04 bits per heavy atom. The fourth-order valence-electron chi connectivity index (χ4n) is 3.33. The maximum absolute atomic E-state index is 13.1. The highest BCUT2D eigenvalue weighted by atomic mass is 16.5. The van der Waals surface area contributed by atoms with Crippen molar-refractivity contribution in [2.45, 2.75) is 25.7 Å². The molecule has 1 saturated heterocycles. The molecule has 24 heavy (non-hydrogen) atoms. The molecule has 0 saturated carbocycles. The lowest BCUT2D eigenvalue weighted by molar-refractivity contribution is 0.0939. The SMILES string of the molecule is CCOc1ccc(C(=O)[C@@H](CN2CCCC2)c2ccccc2)cc1. The van der Waals surface area contributed by atoms with E-state index in [1.807, 2.05) is 49.4 Å². The van der Waals surface area contributed by atoms with Gasteiger partial charge in [-0.3, -0.25) is 4.79 Å². The van der Waals surface area contributed by atoms with E-state index in [0.29, 0.717) is 6.61 Å². The highest BCUT2D eigenvalue weighted by Gasteiger charge is 2.25. The topological polar surface area (TPSA) is 29.5 Å². The minimum Gasteiger partial charge on any atom is -0.494 e. The summed E-state index contributed by atoms with van der Waals surface area (Å²) in [7, 11) is 0. The molecule has 1 atom stereocenters. The molecule has 1 aliphatic rings. The highest BCUT2D eigenvalue weighted by Crippen LogP contribution is 2.25. The number of rotatable bonds is 7. The summed E-state index contributed by atoms with van der Waals surface area (Å²) in [5.74, 6) is 0.892. The van der Waals surface area contributed by atoms with Crippen LogP contribution in [0.5, 0.6) is 5.75 Å². The van der Waals surface area contributed by atoms with Crippen LogP contribution in [0.2, 0.25) is 0 Å². The van der Waals surface area contributed by atoms with E-state index in [0.717, 1.165) is 36.5 Å². The average Bonchev–Trinajstić information content (AvgIpc) is 3.14. The van der Waals surface area contributed by atoms with E-state index < -0.39 is 0 Å². The third-order valence-electron chi connectivity index (χ3n) is 4.61. The number of carbonyl (C=O) groups is 1. The Labute approximate surface area is 144 Å². The monoisotopic (exact) mass is 323 g/mol. The van der Waals surface area contributed by atoms with E-state index in [1.165, 1.54) is 12.8 Å².